The number of anilines is 1. The first-order valence-electron chi connectivity index (χ1n) is 13.8. The standard InChI is InChI=1S/C31H35FN4O4S2/c1-41-14-12-28(30(38)39)36-29(37)27-16-24(11-8-21(27)7-4-20-5-9-23(32)10-6-20)34-18-25-15-26(19-35-25)42-31(40)22-3-2-13-33-17-22/h5-6,8-11,13,15-16,19,22,28,34-35H,2-4,7,12,14,17-18H2,1H3,(H,36,37)(H,38,39)/t22?,28-/m0/s1. The summed E-state index contributed by atoms with van der Waals surface area (Å²) < 4.78 is 13.3. The van der Waals surface area contributed by atoms with Crippen molar-refractivity contribution < 1.29 is 23.9 Å². The molecule has 3 aromatic rings. The Labute approximate surface area is 253 Å². The maximum absolute atomic E-state index is 13.4. The average Bonchev–Trinajstić information content (AvgIpc) is 3.45. The number of hydrogen-bond donors (Lipinski definition) is 4. The predicted molar refractivity (Wildman–Crippen MR) is 167 cm³/mol. The number of thioether (sulfide) groups is 2. The number of amides is 1. The molecule has 0 radical (unpaired) electrons. The summed E-state index contributed by atoms with van der Waals surface area (Å²) in [6, 6.07) is 12.6. The number of nitrogens with one attached hydrogen (secondary N) is 3. The van der Waals surface area contributed by atoms with Crippen molar-refractivity contribution in [3.63, 3.8) is 0 Å². The van der Waals surface area contributed by atoms with Crippen LogP contribution in [0.5, 0.6) is 0 Å². The second-order valence-corrected chi connectivity index (χ2v) is 12.2. The van der Waals surface area contributed by atoms with Crippen molar-refractivity contribution in [1.29, 1.82) is 0 Å². The Morgan fingerprint density at radius 3 is 2.67 bits per heavy atom. The molecular weight excluding hydrogens is 575 g/mol. The first kappa shape index (κ1) is 31.4. The quantitative estimate of drug-likeness (QED) is 0.176. The monoisotopic (exact) mass is 610 g/mol. The van der Waals surface area contributed by atoms with Crippen molar-refractivity contribution >= 4 is 52.4 Å². The van der Waals surface area contributed by atoms with Gasteiger partial charge in [-0.3, -0.25) is 14.6 Å². The number of benzene rings is 2. The molecule has 42 heavy (non-hydrogen) atoms. The Morgan fingerprint density at radius 2 is 1.95 bits per heavy atom. The molecule has 1 aliphatic heterocycles. The molecule has 1 aliphatic rings. The Hall–Kier alpha value is -3.57. The number of aromatic amines is 1. The Balaban J connectivity index is 1.45. The summed E-state index contributed by atoms with van der Waals surface area (Å²) in [7, 11) is 0. The number of aryl methyl sites for hydroxylation is 2. The minimum atomic E-state index is -1.07. The molecule has 0 fully saturated rings. The number of carboxylic acid groups (broad SMARTS) is 1. The second kappa shape index (κ2) is 15.6. The number of nitrogens with zero attached hydrogens (tertiary/aromatic N) is 1. The number of aliphatic imine (C=N–C) groups is 1. The largest absolute Gasteiger partial charge is 0.480 e. The van der Waals surface area contributed by atoms with Crippen molar-refractivity contribution in [3.05, 3.63) is 82.9 Å². The molecule has 11 heteroatoms. The van der Waals surface area contributed by atoms with Crippen LogP contribution in [-0.4, -0.2) is 57.9 Å². The lowest BCUT2D eigenvalue weighted by Gasteiger charge is -2.17. The molecule has 1 unspecified atom stereocenters. The lowest BCUT2D eigenvalue weighted by molar-refractivity contribution is -0.139. The highest BCUT2D eigenvalue weighted by Gasteiger charge is 2.23. The van der Waals surface area contributed by atoms with Crippen LogP contribution in [0.4, 0.5) is 10.1 Å². The van der Waals surface area contributed by atoms with Crippen LogP contribution in [0.15, 0.2) is 64.6 Å². The fraction of sp³-hybridized carbons (Fsp3) is 0.355. The fourth-order valence-electron chi connectivity index (χ4n) is 4.60. The minimum Gasteiger partial charge on any atom is -0.480 e. The van der Waals surface area contributed by atoms with Crippen molar-refractivity contribution in [2.24, 2.45) is 10.9 Å². The van der Waals surface area contributed by atoms with E-state index in [0.29, 0.717) is 49.4 Å². The Kier molecular flexibility index (Phi) is 11.7. The Bertz CT molecular complexity index is 1410. The van der Waals surface area contributed by atoms with Gasteiger partial charge in [0.1, 0.15) is 11.9 Å². The van der Waals surface area contributed by atoms with E-state index in [2.05, 4.69) is 20.6 Å². The third-order valence-corrected chi connectivity index (χ3v) is 8.66. The van der Waals surface area contributed by atoms with Crippen LogP contribution in [0, 0.1) is 11.7 Å². The number of halogens is 1. The lowest BCUT2D eigenvalue weighted by atomic mass is 9.98. The molecule has 4 N–H and O–H groups in total. The van der Waals surface area contributed by atoms with Crippen LogP contribution in [0.25, 0.3) is 0 Å². The van der Waals surface area contributed by atoms with Crippen molar-refractivity contribution in [2.45, 2.75) is 49.6 Å². The van der Waals surface area contributed by atoms with Gasteiger partial charge in [0.05, 0.1) is 6.54 Å². The summed E-state index contributed by atoms with van der Waals surface area (Å²) >= 11 is 2.74. The SMILES string of the molecule is CSCC[C@H](NC(=O)c1cc(NCc2cc(SC(=O)C3CCC=NC3)c[nH]2)ccc1CCc1ccc(F)cc1)C(=O)O. The van der Waals surface area contributed by atoms with Crippen LogP contribution in [0.1, 0.15) is 46.4 Å². The number of H-pyrrole nitrogens is 1. The number of aromatic nitrogens is 1. The summed E-state index contributed by atoms with van der Waals surface area (Å²) in [5.41, 5.74) is 3.66. The molecule has 1 amide bonds. The zero-order valence-corrected chi connectivity index (χ0v) is 25.0. The Morgan fingerprint density at radius 1 is 1.14 bits per heavy atom. The van der Waals surface area contributed by atoms with Gasteiger partial charge in [0, 0.05) is 40.5 Å². The number of carbonyl (C=O) groups excluding carboxylic acids is 2. The van der Waals surface area contributed by atoms with Crippen molar-refractivity contribution in [3.8, 4) is 0 Å². The first-order valence-corrected chi connectivity index (χ1v) is 16.0. The number of aliphatic carboxylic acids is 1. The van der Waals surface area contributed by atoms with Crippen LogP contribution in [-0.2, 0) is 29.0 Å². The van der Waals surface area contributed by atoms with Gasteiger partial charge in [-0.2, -0.15) is 11.8 Å². The molecular formula is C31H35FN4O4S2. The highest BCUT2D eigenvalue weighted by molar-refractivity contribution is 8.13. The van der Waals surface area contributed by atoms with E-state index < -0.39 is 17.9 Å². The number of carboxylic acids is 1. The van der Waals surface area contributed by atoms with Gasteiger partial charge < -0.3 is 20.7 Å². The van der Waals surface area contributed by atoms with E-state index in [1.165, 1.54) is 35.7 Å². The maximum Gasteiger partial charge on any atom is 0.326 e. The van der Waals surface area contributed by atoms with Crippen molar-refractivity contribution in [2.75, 3.05) is 23.9 Å². The van der Waals surface area contributed by atoms with Gasteiger partial charge in [0.15, 0.2) is 5.12 Å². The predicted octanol–water partition coefficient (Wildman–Crippen LogP) is 5.59. The van der Waals surface area contributed by atoms with E-state index >= 15 is 0 Å². The highest BCUT2D eigenvalue weighted by Crippen LogP contribution is 2.27. The van der Waals surface area contributed by atoms with Crippen LogP contribution >= 0.6 is 23.5 Å². The summed E-state index contributed by atoms with van der Waals surface area (Å²) in [5.74, 6) is -1.28. The van der Waals surface area contributed by atoms with Crippen LogP contribution in [0.2, 0.25) is 0 Å². The second-order valence-electron chi connectivity index (χ2n) is 10.1. The zero-order valence-electron chi connectivity index (χ0n) is 23.4. The molecule has 8 nitrogen and oxygen atoms in total. The minimum absolute atomic E-state index is 0.0518. The van der Waals surface area contributed by atoms with Crippen LogP contribution in [0.3, 0.4) is 0 Å². The van der Waals surface area contributed by atoms with Gasteiger partial charge in [0.2, 0.25) is 0 Å². The summed E-state index contributed by atoms with van der Waals surface area (Å²) in [6.45, 7) is 0.981. The number of hydrogen-bond acceptors (Lipinski definition) is 7. The van der Waals surface area contributed by atoms with Gasteiger partial charge in [-0.15, -0.1) is 0 Å². The normalized spacial score (nSPS) is 15.2. The summed E-state index contributed by atoms with van der Waals surface area (Å²) in [4.78, 5) is 46.0. The molecule has 1 aromatic heterocycles. The van der Waals surface area contributed by atoms with Gasteiger partial charge in [-0.1, -0.05) is 18.2 Å². The molecule has 2 heterocycles. The van der Waals surface area contributed by atoms with Gasteiger partial charge in [-0.05, 0) is 104 Å². The van der Waals surface area contributed by atoms with E-state index in [0.717, 1.165) is 34.6 Å². The molecule has 2 aromatic carbocycles. The topological polar surface area (TPSA) is 124 Å². The number of carbonyl (C=O) groups is 3. The molecule has 0 saturated carbocycles. The molecule has 0 aliphatic carbocycles. The molecule has 0 bridgehead atoms. The smallest absolute Gasteiger partial charge is 0.326 e. The molecule has 0 spiro atoms. The maximum atomic E-state index is 13.4. The van der Waals surface area contributed by atoms with E-state index in [9.17, 15) is 23.9 Å². The first-order chi connectivity index (χ1) is 20.3. The summed E-state index contributed by atoms with van der Waals surface area (Å²) in [6.07, 6.45) is 8.66. The zero-order chi connectivity index (χ0) is 29.9. The van der Waals surface area contributed by atoms with E-state index in [1.54, 1.807) is 18.2 Å². The highest BCUT2D eigenvalue weighted by atomic mass is 32.2. The molecule has 2 atom stereocenters. The van der Waals surface area contributed by atoms with E-state index in [1.807, 2.05) is 36.9 Å². The average molecular weight is 611 g/mol. The molecule has 222 valence electrons. The van der Waals surface area contributed by atoms with E-state index in [-0.39, 0.29) is 16.9 Å². The van der Waals surface area contributed by atoms with E-state index in [4.69, 9.17) is 0 Å². The molecule has 0 saturated heterocycles. The molecule has 4 rings (SSSR count). The summed E-state index contributed by atoms with van der Waals surface area (Å²) in [5, 5.41) is 15.8. The van der Waals surface area contributed by atoms with Gasteiger partial charge >= 0.3 is 5.97 Å². The van der Waals surface area contributed by atoms with Gasteiger partial charge in [-0.25, -0.2) is 9.18 Å². The third-order valence-electron chi connectivity index (χ3n) is 7.02. The van der Waals surface area contributed by atoms with Gasteiger partial charge in [0.25, 0.3) is 5.91 Å². The lowest BCUT2D eigenvalue weighted by Crippen LogP contribution is -2.41. The third kappa shape index (κ3) is 9.22. The fourth-order valence-corrected chi connectivity index (χ4v) is 5.99. The van der Waals surface area contributed by atoms with Crippen LogP contribution < -0.4 is 10.6 Å². The number of rotatable bonds is 14. The van der Waals surface area contributed by atoms with Crippen molar-refractivity contribution in [1.82, 2.24) is 10.3 Å².